The Labute approximate surface area is 76.1 Å². The van der Waals surface area contributed by atoms with Crippen LogP contribution >= 0.6 is 0 Å². The van der Waals surface area contributed by atoms with E-state index >= 15 is 0 Å². The highest BCUT2D eigenvalue weighted by atomic mass is 15.0. The van der Waals surface area contributed by atoms with Crippen molar-refractivity contribution in [3.05, 3.63) is 0 Å². The average Bonchev–Trinajstić information content (AvgIpc) is 2.80. The molecule has 1 fully saturated rings. The first-order valence-corrected chi connectivity index (χ1v) is 5.01. The zero-order valence-corrected chi connectivity index (χ0v) is 8.78. The van der Waals surface area contributed by atoms with Crippen molar-refractivity contribution < 1.29 is 0 Å². The van der Waals surface area contributed by atoms with Gasteiger partial charge < -0.3 is 10.6 Å². The van der Waals surface area contributed by atoms with Crippen LogP contribution in [-0.4, -0.2) is 25.2 Å². The van der Waals surface area contributed by atoms with Gasteiger partial charge in [0.15, 0.2) is 0 Å². The van der Waals surface area contributed by atoms with E-state index < -0.39 is 0 Å². The van der Waals surface area contributed by atoms with Gasteiger partial charge in [0, 0.05) is 18.1 Å². The van der Waals surface area contributed by atoms with E-state index in [2.05, 4.69) is 31.4 Å². The van der Waals surface area contributed by atoms with Gasteiger partial charge in [-0.05, 0) is 33.2 Å². The average molecular weight is 170 g/mol. The Hall–Kier alpha value is -0.0800. The summed E-state index contributed by atoms with van der Waals surface area (Å²) in [7, 11) is 2.02. The first-order chi connectivity index (χ1) is 5.59. The molecule has 2 N–H and O–H groups in total. The van der Waals surface area contributed by atoms with Gasteiger partial charge in [-0.1, -0.05) is 13.3 Å². The predicted molar refractivity (Wildman–Crippen MR) is 53.3 cm³/mol. The minimum absolute atomic E-state index is 0.237. The van der Waals surface area contributed by atoms with E-state index in [0.717, 1.165) is 18.5 Å². The molecule has 0 spiro atoms. The molecule has 0 radical (unpaired) electrons. The predicted octanol–water partition coefficient (Wildman–Crippen LogP) is 1.37. The highest BCUT2D eigenvalue weighted by molar-refractivity contribution is 4.94. The fraction of sp³-hybridized carbons (Fsp3) is 1.00. The maximum absolute atomic E-state index is 3.59. The van der Waals surface area contributed by atoms with Crippen molar-refractivity contribution in [2.24, 2.45) is 5.92 Å². The van der Waals surface area contributed by atoms with E-state index in [1.165, 1.54) is 12.8 Å². The van der Waals surface area contributed by atoms with E-state index in [1.54, 1.807) is 0 Å². The van der Waals surface area contributed by atoms with Gasteiger partial charge in [-0.15, -0.1) is 0 Å². The van der Waals surface area contributed by atoms with Crippen LogP contribution in [0, 0.1) is 5.92 Å². The number of rotatable bonds is 5. The second kappa shape index (κ2) is 3.75. The van der Waals surface area contributed by atoms with Gasteiger partial charge in [-0.2, -0.15) is 0 Å². The van der Waals surface area contributed by atoms with E-state index in [4.69, 9.17) is 0 Å². The largest absolute Gasteiger partial charge is 0.314 e. The Balaban J connectivity index is 2.11. The summed E-state index contributed by atoms with van der Waals surface area (Å²) in [6, 6.07) is 0.808. The number of nitrogens with one attached hydrogen (secondary N) is 2. The van der Waals surface area contributed by atoms with Crippen molar-refractivity contribution in [2.45, 2.75) is 45.2 Å². The van der Waals surface area contributed by atoms with E-state index in [0.29, 0.717) is 0 Å². The van der Waals surface area contributed by atoms with Crippen LogP contribution in [-0.2, 0) is 0 Å². The molecule has 1 aliphatic carbocycles. The first-order valence-electron chi connectivity index (χ1n) is 5.01. The molecular formula is C10H22N2. The monoisotopic (exact) mass is 170 g/mol. The maximum Gasteiger partial charge on any atom is 0.0246 e. The summed E-state index contributed by atoms with van der Waals surface area (Å²) in [5.74, 6) is 0.956. The van der Waals surface area contributed by atoms with Crippen molar-refractivity contribution in [1.82, 2.24) is 10.6 Å². The van der Waals surface area contributed by atoms with Gasteiger partial charge >= 0.3 is 0 Å². The van der Waals surface area contributed by atoms with Gasteiger partial charge in [0.25, 0.3) is 0 Å². The van der Waals surface area contributed by atoms with Crippen LogP contribution in [0.25, 0.3) is 0 Å². The van der Waals surface area contributed by atoms with Crippen molar-refractivity contribution in [1.29, 1.82) is 0 Å². The molecular weight excluding hydrogens is 148 g/mol. The Morgan fingerprint density at radius 2 is 2.08 bits per heavy atom. The van der Waals surface area contributed by atoms with Crippen molar-refractivity contribution >= 4 is 0 Å². The zero-order valence-electron chi connectivity index (χ0n) is 8.78. The van der Waals surface area contributed by atoms with Gasteiger partial charge in [-0.3, -0.25) is 0 Å². The highest BCUT2D eigenvalue weighted by Crippen LogP contribution is 2.33. The standard InChI is InChI=1S/C10H22N2/c1-5-8-6-9(8)12-7-10(2,3)11-4/h8-9,11-12H,5-7H2,1-4H3. The number of likely N-dealkylation sites (N-methyl/N-ethyl adjacent to an activating group) is 1. The summed E-state index contributed by atoms with van der Waals surface area (Å²) in [5, 5.41) is 6.88. The van der Waals surface area contributed by atoms with Crippen molar-refractivity contribution in [3.8, 4) is 0 Å². The third kappa shape index (κ3) is 2.76. The lowest BCUT2D eigenvalue weighted by atomic mass is 10.1. The molecule has 0 aliphatic heterocycles. The molecule has 0 aromatic heterocycles. The topological polar surface area (TPSA) is 24.1 Å². The number of hydrogen-bond acceptors (Lipinski definition) is 2. The summed E-state index contributed by atoms with van der Waals surface area (Å²) in [6.07, 6.45) is 2.72. The SMILES string of the molecule is CCC1CC1NCC(C)(C)NC. The lowest BCUT2D eigenvalue weighted by molar-refractivity contribution is 0.388. The van der Waals surface area contributed by atoms with Crippen LogP contribution in [0.5, 0.6) is 0 Å². The van der Waals surface area contributed by atoms with Crippen LogP contribution in [0.2, 0.25) is 0 Å². The molecule has 0 bridgehead atoms. The van der Waals surface area contributed by atoms with Crippen LogP contribution in [0.4, 0.5) is 0 Å². The molecule has 0 aromatic rings. The Morgan fingerprint density at radius 1 is 1.42 bits per heavy atom. The second-order valence-electron chi connectivity index (χ2n) is 4.53. The van der Waals surface area contributed by atoms with Gasteiger partial charge in [0.05, 0.1) is 0 Å². The fourth-order valence-electron chi connectivity index (χ4n) is 1.42. The highest BCUT2D eigenvalue weighted by Gasteiger charge is 2.35. The Morgan fingerprint density at radius 3 is 2.50 bits per heavy atom. The third-order valence-corrected chi connectivity index (χ3v) is 2.93. The quantitative estimate of drug-likeness (QED) is 0.651. The molecule has 0 saturated heterocycles. The smallest absolute Gasteiger partial charge is 0.0246 e. The van der Waals surface area contributed by atoms with E-state index in [9.17, 15) is 0 Å². The summed E-state index contributed by atoms with van der Waals surface area (Å²) in [5.41, 5.74) is 0.237. The Bertz CT molecular complexity index is 143. The second-order valence-corrected chi connectivity index (χ2v) is 4.53. The molecule has 1 saturated carbocycles. The first kappa shape index (κ1) is 10.0. The molecule has 2 nitrogen and oxygen atoms in total. The summed E-state index contributed by atoms with van der Waals surface area (Å²) < 4.78 is 0. The van der Waals surface area contributed by atoms with Gasteiger partial charge in [0.1, 0.15) is 0 Å². The lowest BCUT2D eigenvalue weighted by Crippen LogP contribution is -2.46. The van der Waals surface area contributed by atoms with Gasteiger partial charge in [0.2, 0.25) is 0 Å². The molecule has 2 unspecified atom stereocenters. The molecule has 0 heterocycles. The van der Waals surface area contributed by atoms with Crippen LogP contribution in [0.1, 0.15) is 33.6 Å². The zero-order chi connectivity index (χ0) is 9.19. The molecule has 0 amide bonds. The minimum Gasteiger partial charge on any atom is -0.314 e. The Kier molecular flexibility index (Phi) is 3.13. The van der Waals surface area contributed by atoms with Crippen LogP contribution in [0.3, 0.4) is 0 Å². The summed E-state index contributed by atoms with van der Waals surface area (Å²) in [6.45, 7) is 7.80. The molecule has 2 heteroatoms. The third-order valence-electron chi connectivity index (χ3n) is 2.93. The fourth-order valence-corrected chi connectivity index (χ4v) is 1.42. The molecule has 2 atom stereocenters. The van der Waals surface area contributed by atoms with Gasteiger partial charge in [-0.25, -0.2) is 0 Å². The van der Waals surface area contributed by atoms with Crippen LogP contribution < -0.4 is 10.6 Å². The van der Waals surface area contributed by atoms with Crippen molar-refractivity contribution in [2.75, 3.05) is 13.6 Å². The molecule has 0 aromatic carbocycles. The van der Waals surface area contributed by atoms with Crippen LogP contribution in [0.15, 0.2) is 0 Å². The summed E-state index contributed by atoms with van der Waals surface area (Å²) in [4.78, 5) is 0. The minimum atomic E-state index is 0.237. The lowest BCUT2D eigenvalue weighted by Gasteiger charge is -2.24. The molecule has 1 aliphatic rings. The summed E-state index contributed by atoms with van der Waals surface area (Å²) >= 11 is 0. The molecule has 12 heavy (non-hydrogen) atoms. The molecule has 1 rings (SSSR count). The maximum atomic E-state index is 3.59. The normalized spacial score (nSPS) is 29.0. The molecule has 72 valence electrons. The van der Waals surface area contributed by atoms with Crippen molar-refractivity contribution in [3.63, 3.8) is 0 Å². The van der Waals surface area contributed by atoms with E-state index in [-0.39, 0.29) is 5.54 Å². The number of hydrogen-bond donors (Lipinski definition) is 2. The van der Waals surface area contributed by atoms with E-state index in [1.807, 2.05) is 7.05 Å².